The molecule has 1 heterocycles. The average Bonchev–Trinajstić information content (AvgIpc) is 2.50. The van der Waals surface area contributed by atoms with Crippen LogP contribution >= 0.6 is 0 Å². The lowest BCUT2D eigenvalue weighted by Gasteiger charge is -2.26. The van der Waals surface area contributed by atoms with Crippen LogP contribution in [0, 0.1) is 5.41 Å². The summed E-state index contributed by atoms with van der Waals surface area (Å²) in [6.07, 6.45) is 3.47. The fraction of sp³-hybridized carbons (Fsp3) is 0.533. The van der Waals surface area contributed by atoms with E-state index in [4.69, 9.17) is 11.5 Å². The molecule has 0 aliphatic carbocycles. The van der Waals surface area contributed by atoms with E-state index in [2.05, 4.69) is 18.7 Å². The zero-order valence-corrected chi connectivity index (χ0v) is 11.8. The molecule has 4 heteroatoms. The summed E-state index contributed by atoms with van der Waals surface area (Å²) in [6.45, 7) is 6.52. The molecule has 0 bridgehead atoms. The van der Waals surface area contributed by atoms with Crippen molar-refractivity contribution >= 4 is 17.3 Å². The summed E-state index contributed by atoms with van der Waals surface area (Å²) in [4.78, 5) is 13.8. The van der Waals surface area contributed by atoms with Crippen LogP contribution < -0.4 is 16.4 Å². The number of nitrogens with two attached hydrogens (primary N) is 2. The summed E-state index contributed by atoms with van der Waals surface area (Å²) >= 11 is 0. The maximum absolute atomic E-state index is 11.6. The van der Waals surface area contributed by atoms with E-state index in [1.165, 1.54) is 6.42 Å². The van der Waals surface area contributed by atoms with Crippen LogP contribution in [0.3, 0.4) is 0 Å². The first-order valence-electron chi connectivity index (χ1n) is 6.83. The highest BCUT2D eigenvalue weighted by atomic mass is 16.1. The van der Waals surface area contributed by atoms with Gasteiger partial charge >= 0.3 is 0 Å². The van der Waals surface area contributed by atoms with Crippen LogP contribution in [0.25, 0.3) is 0 Å². The van der Waals surface area contributed by atoms with Crippen LogP contribution in [0.4, 0.5) is 11.4 Å². The van der Waals surface area contributed by atoms with Crippen molar-refractivity contribution in [2.75, 3.05) is 23.7 Å². The van der Waals surface area contributed by atoms with Gasteiger partial charge in [0.2, 0.25) is 0 Å². The van der Waals surface area contributed by atoms with E-state index in [9.17, 15) is 4.79 Å². The third-order valence-corrected chi connectivity index (χ3v) is 3.97. The van der Waals surface area contributed by atoms with Gasteiger partial charge in [-0.3, -0.25) is 4.79 Å². The lowest BCUT2D eigenvalue weighted by molar-refractivity contribution is 0.100. The lowest BCUT2D eigenvalue weighted by Crippen LogP contribution is -2.28. The Morgan fingerprint density at radius 3 is 2.68 bits per heavy atom. The molecule has 4 nitrogen and oxygen atoms in total. The predicted octanol–water partition coefficient (Wildman–Crippen LogP) is 2.38. The molecule has 0 saturated carbocycles. The van der Waals surface area contributed by atoms with Crippen LogP contribution in [0.15, 0.2) is 18.2 Å². The summed E-state index contributed by atoms with van der Waals surface area (Å²) in [6, 6.07) is 5.42. The van der Waals surface area contributed by atoms with Crippen LogP contribution in [0.1, 0.15) is 43.5 Å². The first kappa shape index (κ1) is 13.7. The van der Waals surface area contributed by atoms with E-state index < -0.39 is 5.91 Å². The Labute approximate surface area is 114 Å². The second kappa shape index (κ2) is 5.11. The normalized spacial score (nSPS) is 18.9. The first-order valence-corrected chi connectivity index (χ1v) is 6.83. The summed E-state index contributed by atoms with van der Waals surface area (Å²) in [5, 5.41) is 0. The van der Waals surface area contributed by atoms with Crippen molar-refractivity contribution < 1.29 is 4.79 Å². The van der Waals surface area contributed by atoms with Crippen LogP contribution in [0.2, 0.25) is 0 Å². The Morgan fingerprint density at radius 2 is 2.00 bits per heavy atom. The predicted molar refractivity (Wildman–Crippen MR) is 79.2 cm³/mol. The Kier molecular flexibility index (Phi) is 3.69. The standard InChI is InChI=1S/C15H23N3O/c1-15(2)6-3-8-18(9-7-15)13-5-4-11(16)10-12(13)14(17)19/h4-5,10H,3,6-9,16H2,1-2H3,(H2,17,19). The third kappa shape index (κ3) is 3.19. The van der Waals surface area contributed by atoms with Gasteiger partial charge in [0.15, 0.2) is 0 Å². The molecule has 1 saturated heterocycles. The van der Waals surface area contributed by atoms with Gasteiger partial charge in [-0.05, 0) is 42.9 Å². The van der Waals surface area contributed by atoms with E-state index in [1.807, 2.05) is 12.1 Å². The molecular formula is C15H23N3O. The van der Waals surface area contributed by atoms with Gasteiger partial charge in [0.1, 0.15) is 0 Å². The number of primary amides is 1. The number of benzene rings is 1. The molecule has 1 fully saturated rings. The van der Waals surface area contributed by atoms with Crippen molar-refractivity contribution in [3.05, 3.63) is 23.8 Å². The number of nitrogen functional groups attached to an aromatic ring is 1. The fourth-order valence-corrected chi connectivity index (χ4v) is 2.69. The zero-order chi connectivity index (χ0) is 14.0. The minimum absolute atomic E-state index is 0.370. The fourth-order valence-electron chi connectivity index (χ4n) is 2.69. The van der Waals surface area contributed by atoms with E-state index in [0.717, 1.165) is 31.6 Å². The highest BCUT2D eigenvalue weighted by molar-refractivity contribution is 5.99. The molecular weight excluding hydrogens is 238 g/mol. The molecule has 1 aliphatic heterocycles. The van der Waals surface area contributed by atoms with Crippen molar-refractivity contribution in [2.24, 2.45) is 11.1 Å². The third-order valence-electron chi connectivity index (χ3n) is 3.97. The topological polar surface area (TPSA) is 72.3 Å². The molecule has 1 aromatic carbocycles. The highest BCUT2D eigenvalue weighted by Crippen LogP contribution is 2.33. The second-order valence-electron chi connectivity index (χ2n) is 6.15. The molecule has 104 valence electrons. The maximum atomic E-state index is 11.6. The number of carbonyl (C=O) groups is 1. The van der Waals surface area contributed by atoms with Crippen molar-refractivity contribution in [1.82, 2.24) is 0 Å². The van der Waals surface area contributed by atoms with Gasteiger partial charge in [0.05, 0.1) is 5.56 Å². The second-order valence-corrected chi connectivity index (χ2v) is 6.15. The van der Waals surface area contributed by atoms with Gasteiger partial charge in [0.25, 0.3) is 5.91 Å². The number of amides is 1. The molecule has 1 amide bonds. The Hall–Kier alpha value is -1.71. The van der Waals surface area contributed by atoms with Crippen molar-refractivity contribution in [1.29, 1.82) is 0 Å². The van der Waals surface area contributed by atoms with Crippen LogP contribution in [-0.2, 0) is 0 Å². The SMILES string of the molecule is CC1(C)CCCN(c2ccc(N)cc2C(N)=O)CC1. The minimum atomic E-state index is -0.411. The van der Waals surface area contributed by atoms with Gasteiger partial charge in [-0.15, -0.1) is 0 Å². The highest BCUT2D eigenvalue weighted by Gasteiger charge is 2.24. The smallest absolute Gasteiger partial charge is 0.250 e. The number of rotatable bonds is 2. The number of nitrogens with zero attached hydrogens (tertiary/aromatic N) is 1. The molecule has 1 aromatic rings. The molecule has 4 N–H and O–H groups in total. The van der Waals surface area contributed by atoms with E-state index in [0.29, 0.717) is 16.7 Å². The molecule has 1 aliphatic rings. The number of carbonyl (C=O) groups excluding carboxylic acids is 1. The van der Waals surface area contributed by atoms with Gasteiger partial charge < -0.3 is 16.4 Å². The number of hydrogen-bond donors (Lipinski definition) is 2. The first-order chi connectivity index (χ1) is 8.89. The molecule has 0 spiro atoms. The molecule has 0 atom stereocenters. The largest absolute Gasteiger partial charge is 0.399 e. The monoisotopic (exact) mass is 261 g/mol. The number of hydrogen-bond acceptors (Lipinski definition) is 3. The van der Waals surface area contributed by atoms with Gasteiger partial charge in [-0.1, -0.05) is 13.8 Å². The van der Waals surface area contributed by atoms with Crippen molar-refractivity contribution in [2.45, 2.75) is 33.1 Å². The Balaban J connectivity index is 2.29. The molecule has 0 unspecified atom stereocenters. The van der Waals surface area contributed by atoms with E-state index in [-0.39, 0.29) is 0 Å². The maximum Gasteiger partial charge on any atom is 0.250 e. The van der Waals surface area contributed by atoms with Gasteiger partial charge in [0, 0.05) is 24.5 Å². The Morgan fingerprint density at radius 1 is 1.26 bits per heavy atom. The number of anilines is 2. The van der Waals surface area contributed by atoms with Crippen LogP contribution in [-0.4, -0.2) is 19.0 Å². The molecule has 0 radical (unpaired) electrons. The minimum Gasteiger partial charge on any atom is -0.399 e. The zero-order valence-electron chi connectivity index (χ0n) is 11.8. The summed E-state index contributed by atoms with van der Waals surface area (Å²) < 4.78 is 0. The molecule has 19 heavy (non-hydrogen) atoms. The summed E-state index contributed by atoms with van der Waals surface area (Å²) in [5.74, 6) is -0.411. The van der Waals surface area contributed by atoms with Gasteiger partial charge in [-0.2, -0.15) is 0 Å². The quantitative estimate of drug-likeness (QED) is 0.803. The van der Waals surface area contributed by atoms with Crippen molar-refractivity contribution in [3.63, 3.8) is 0 Å². The molecule has 2 rings (SSSR count). The Bertz CT molecular complexity index is 482. The average molecular weight is 261 g/mol. The molecule has 0 aromatic heterocycles. The summed E-state index contributed by atoms with van der Waals surface area (Å²) in [7, 11) is 0. The van der Waals surface area contributed by atoms with E-state index >= 15 is 0 Å². The van der Waals surface area contributed by atoms with E-state index in [1.54, 1.807) is 6.07 Å². The summed E-state index contributed by atoms with van der Waals surface area (Å²) in [5.41, 5.74) is 13.6. The van der Waals surface area contributed by atoms with Crippen LogP contribution in [0.5, 0.6) is 0 Å². The van der Waals surface area contributed by atoms with Gasteiger partial charge in [-0.25, -0.2) is 0 Å². The lowest BCUT2D eigenvalue weighted by atomic mass is 9.85. The van der Waals surface area contributed by atoms with Crippen molar-refractivity contribution in [3.8, 4) is 0 Å².